The molecule has 0 amide bonds. The molecule has 0 unspecified atom stereocenters. The molecular weight excluding hydrogens is 334 g/mol. The standard InChI is InChI=1S/C11H12BrN3O3S/c1-6(16)18-10-4-8(12)7(3-9(10)17-2)5-14-15-11(13)19/h3-5H,1-2H3,(H3,13,15,19)/b14-5+. The van der Waals surface area contributed by atoms with Gasteiger partial charge in [-0.25, -0.2) is 0 Å². The van der Waals surface area contributed by atoms with Gasteiger partial charge in [-0.1, -0.05) is 0 Å². The van der Waals surface area contributed by atoms with Crippen molar-refractivity contribution in [2.24, 2.45) is 10.8 Å². The average Bonchev–Trinajstić information content (AvgIpc) is 2.30. The molecule has 1 aromatic carbocycles. The van der Waals surface area contributed by atoms with Crippen molar-refractivity contribution in [2.75, 3.05) is 7.11 Å². The zero-order chi connectivity index (χ0) is 14.4. The van der Waals surface area contributed by atoms with Gasteiger partial charge in [-0.3, -0.25) is 10.2 Å². The summed E-state index contributed by atoms with van der Waals surface area (Å²) < 4.78 is 10.8. The number of esters is 1. The number of nitrogens with zero attached hydrogens (tertiary/aromatic N) is 1. The van der Waals surface area contributed by atoms with E-state index in [9.17, 15) is 4.79 Å². The van der Waals surface area contributed by atoms with Crippen LogP contribution in [0.4, 0.5) is 0 Å². The number of benzene rings is 1. The van der Waals surface area contributed by atoms with Gasteiger partial charge in [0.15, 0.2) is 16.6 Å². The number of methoxy groups -OCH3 is 1. The zero-order valence-electron chi connectivity index (χ0n) is 10.3. The fourth-order valence-corrected chi connectivity index (χ4v) is 1.69. The van der Waals surface area contributed by atoms with Gasteiger partial charge in [-0.15, -0.1) is 0 Å². The van der Waals surface area contributed by atoms with E-state index in [0.29, 0.717) is 21.5 Å². The summed E-state index contributed by atoms with van der Waals surface area (Å²) in [4.78, 5) is 11.0. The molecule has 0 saturated carbocycles. The van der Waals surface area contributed by atoms with Crippen LogP contribution in [-0.4, -0.2) is 24.4 Å². The van der Waals surface area contributed by atoms with Crippen LogP contribution in [0.2, 0.25) is 0 Å². The Labute approximate surface area is 124 Å². The first-order valence-corrected chi connectivity index (χ1v) is 6.28. The second-order valence-electron chi connectivity index (χ2n) is 3.35. The van der Waals surface area contributed by atoms with E-state index in [0.717, 1.165) is 0 Å². The molecule has 6 nitrogen and oxygen atoms in total. The number of hydrogen-bond acceptors (Lipinski definition) is 5. The lowest BCUT2D eigenvalue weighted by Crippen LogP contribution is -2.24. The molecule has 0 aromatic heterocycles. The van der Waals surface area contributed by atoms with Crippen LogP contribution in [0.5, 0.6) is 11.5 Å². The molecule has 0 heterocycles. The molecule has 0 fully saturated rings. The Kier molecular flexibility index (Phi) is 5.71. The summed E-state index contributed by atoms with van der Waals surface area (Å²) in [5, 5.41) is 3.90. The molecule has 19 heavy (non-hydrogen) atoms. The predicted octanol–water partition coefficient (Wildman–Crippen LogP) is 1.55. The number of thiocarbonyl (C=S) groups is 1. The molecule has 0 saturated heterocycles. The summed E-state index contributed by atoms with van der Waals surface area (Å²) in [5.74, 6) is 0.304. The number of ether oxygens (including phenoxy) is 2. The highest BCUT2D eigenvalue weighted by Gasteiger charge is 2.11. The van der Waals surface area contributed by atoms with Crippen molar-refractivity contribution >= 4 is 45.4 Å². The van der Waals surface area contributed by atoms with Gasteiger partial charge < -0.3 is 15.2 Å². The third-order valence-corrected chi connectivity index (χ3v) is 2.69. The van der Waals surface area contributed by atoms with Crippen molar-refractivity contribution in [1.82, 2.24) is 5.43 Å². The topological polar surface area (TPSA) is 85.9 Å². The summed E-state index contributed by atoms with van der Waals surface area (Å²) in [6, 6.07) is 3.27. The molecule has 3 N–H and O–H groups in total. The monoisotopic (exact) mass is 345 g/mol. The van der Waals surface area contributed by atoms with Gasteiger partial charge in [-0.2, -0.15) is 5.10 Å². The van der Waals surface area contributed by atoms with Crippen LogP contribution in [0.3, 0.4) is 0 Å². The Hall–Kier alpha value is -1.67. The maximum Gasteiger partial charge on any atom is 0.308 e. The van der Waals surface area contributed by atoms with Crippen molar-refractivity contribution in [2.45, 2.75) is 6.92 Å². The number of hydrazone groups is 1. The highest BCUT2D eigenvalue weighted by molar-refractivity contribution is 9.10. The summed E-state index contributed by atoms with van der Waals surface area (Å²) in [6.07, 6.45) is 1.50. The molecule has 0 atom stereocenters. The van der Waals surface area contributed by atoms with Crippen LogP contribution in [-0.2, 0) is 4.79 Å². The Morgan fingerprint density at radius 3 is 2.74 bits per heavy atom. The Bertz CT molecular complexity index is 534. The third kappa shape index (κ3) is 4.84. The van der Waals surface area contributed by atoms with Crippen LogP contribution in [0.15, 0.2) is 21.7 Å². The van der Waals surface area contributed by atoms with Crippen molar-refractivity contribution < 1.29 is 14.3 Å². The maximum atomic E-state index is 11.0. The van der Waals surface area contributed by atoms with E-state index in [1.807, 2.05) is 0 Å². The van der Waals surface area contributed by atoms with E-state index in [-0.39, 0.29) is 5.11 Å². The SMILES string of the molecule is COc1cc(/C=N/NC(N)=S)c(Br)cc1OC(C)=O. The minimum Gasteiger partial charge on any atom is -0.493 e. The predicted molar refractivity (Wildman–Crippen MR) is 79.5 cm³/mol. The molecule has 0 aliphatic rings. The van der Waals surface area contributed by atoms with Crippen molar-refractivity contribution in [3.63, 3.8) is 0 Å². The minimum absolute atomic E-state index is 0.0656. The fraction of sp³-hybridized carbons (Fsp3) is 0.182. The van der Waals surface area contributed by atoms with Crippen LogP contribution in [0.1, 0.15) is 12.5 Å². The molecule has 8 heteroatoms. The fourth-order valence-electron chi connectivity index (χ4n) is 1.21. The van der Waals surface area contributed by atoms with Crippen LogP contribution < -0.4 is 20.6 Å². The largest absolute Gasteiger partial charge is 0.493 e. The number of halogens is 1. The Morgan fingerprint density at radius 2 is 2.21 bits per heavy atom. The molecule has 0 bridgehead atoms. The van der Waals surface area contributed by atoms with Gasteiger partial charge in [0.1, 0.15) is 0 Å². The number of nitrogens with one attached hydrogen (secondary N) is 1. The molecule has 0 aliphatic heterocycles. The van der Waals surface area contributed by atoms with Crippen molar-refractivity contribution in [3.05, 3.63) is 22.2 Å². The van der Waals surface area contributed by atoms with E-state index in [2.05, 4.69) is 38.7 Å². The van der Waals surface area contributed by atoms with E-state index in [4.69, 9.17) is 15.2 Å². The van der Waals surface area contributed by atoms with Gasteiger partial charge in [0.25, 0.3) is 0 Å². The van der Waals surface area contributed by atoms with Crippen LogP contribution >= 0.6 is 28.1 Å². The number of nitrogens with two attached hydrogens (primary N) is 1. The van der Waals surface area contributed by atoms with Gasteiger partial charge in [0.05, 0.1) is 13.3 Å². The van der Waals surface area contributed by atoms with E-state index >= 15 is 0 Å². The lowest BCUT2D eigenvalue weighted by Gasteiger charge is -2.10. The molecule has 0 radical (unpaired) electrons. The number of carbonyl (C=O) groups excluding carboxylic acids is 1. The van der Waals surface area contributed by atoms with E-state index in [1.54, 1.807) is 12.1 Å². The second kappa shape index (κ2) is 7.05. The molecular formula is C11H12BrN3O3S. The maximum absolute atomic E-state index is 11.0. The highest BCUT2D eigenvalue weighted by atomic mass is 79.9. The zero-order valence-corrected chi connectivity index (χ0v) is 12.7. The second-order valence-corrected chi connectivity index (χ2v) is 4.65. The van der Waals surface area contributed by atoms with Gasteiger partial charge in [-0.05, 0) is 40.3 Å². The van der Waals surface area contributed by atoms with Crippen molar-refractivity contribution in [1.29, 1.82) is 0 Å². The molecule has 1 rings (SSSR count). The summed E-state index contributed by atoms with van der Waals surface area (Å²) >= 11 is 7.96. The van der Waals surface area contributed by atoms with Crippen molar-refractivity contribution in [3.8, 4) is 11.5 Å². The number of rotatable bonds is 4. The van der Waals surface area contributed by atoms with Gasteiger partial charge >= 0.3 is 5.97 Å². The Morgan fingerprint density at radius 1 is 1.53 bits per heavy atom. The summed E-state index contributed by atoms with van der Waals surface area (Å²) in [5.41, 5.74) is 8.38. The lowest BCUT2D eigenvalue weighted by atomic mass is 10.2. The average molecular weight is 346 g/mol. The third-order valence-electron chi connectivity index (χ3n) is 1.92. The highest BCUT2D eigenvalue weighted by Crippen LogP contribution is 2.32. The Balaban J connectivity index is 3.05. The smallest absolute Gasteiger partial charge is 0.308 e. The first-order valence-electron chi connectivity index (χ1n) is 5.08. The first-order chi connectivity index (χ1) is 8.93. The molecule has 102 valence electrons. The number of hydrogen-bond donors (Lipinski definition) is 2. The lowest BCUT2D eigenvalue weighted by molar-refractivity contribution is -0.132. The molecule has 1 aromatic rings. The normalized spacial score (nSPS) is 10.3. The number of carbonyl (C=O) groups is 1. The van der Waals surface area contributed by atoms with Crippen LogP contribution in [0, 0.1) is 0 Å². The van der Waals surface area contributed by atoms with Crippen LogP contribution in [0.25, 0.3) is 0 Å². The van der Waals surface area contributed by atoms with Gasteiger partial charge in [0, 0.05) is 17.0 Å². The minimum atomic E-state index is -0.429. The first kappa shape index (κ1) is 15.4. The molecule has 0 spiro atoms. The summed E-state index contributed by atoms with van der Waals surface area (Å²) in [7, 11) is 1.48. The molecule has 0 aliphatic carbocycles. The summed E-state index contributed by atoms with van der Waals surface area (Å²) in [6.45, 7) is 1.31. The van der Waals surface area contributed by atoms with Gasteiger partial charge in [0.2, 0.25) is 0 Å². The van der Waals surface area contributed by atoms with E-state index < -0.39 is 5.97 Å². The quantitative estimate of drug-likeness (QED) is 0.283. The van der Waals surface area contributed by atoms with E-state index in [1.165, 1.54) is 20.2 Å².